The van der Waals surface area contributed by atoms with Gasteiger partial charge in [-0.25, -0.2) is 0 Å². The predicted molar refractivity (Wildman–Crippen MR) is 90.7 cm³/mol. The molecule has 4 heteroatoms. The molecule has 0 aliphatic heterocycles. The van der Waals surface area contributed by atoms with E-state index in [-0.39, 0.29) is 5.91 Å². The molecule has 22 heavy (non-hydrogen) atoms. The Labute approximate surface area is 136 Å². The topological polar surface area (TPSA) is 46.3 Å². The van der Waals surface area contributed by atoms with Gasteiger partial charge in [0.25, 0.3) is 0 Å². The highest BCUT2D eigenvalue weighted by molar-refractivity contribution is 6.31. The number of halogens is 1. The zero-order valence-electron chi connectivity index (χ0n) is 12.7. The highest BCUT2D eigenvalue weighted by Crippen LogP contribution is 2.17. The third-order valence-electron chi connectivity index (χ3n) is 3.63. The smallest absolute Gasteiger partial charge is 0.240 e. The summed E-state index contributed by atoms with van der Waals surface area (Å²) in [5, 5.41) is 0.672. The molecule has 2 aromatic carbocycles. The highest BCUT2D eigenvalue weighted by Gasteiger charge is 2.20. The van der Waals surface area contributed by atoms with E-state index >= 15 is 0 Å². The fourth-order valence-corrected chi connectivity index (χ4v) is 2.56. The van der Waals surface area contributed by atoms with Gasteiger partial charge in [-0.1, -0.05) is 60.1 Å². The molecule has 0 aliphatic carbocycles. The van der Waals surface area contributed by atoms with Crippen LogP contribution in [0.3, 0.4) is 0 Å². The molecular formula is C18H21ClN2O. The molecule has 0 heterocycles. The van der Waals surface area contributed by atoms with Crippen LogP contribution in [0, 0.1) is 0 Å². The van der Waals surface area contributed by atoms with E-state index in [0.717, 1.165) is 11.1 Å². The molecule has 0 saturated heterocycles. The van der Waals surface area contributed by atoms with Crippen molar-refractivity contribution in [2.24, 2.45) is 5.73 Å². The van der Waals surface area contributed by atoms with Gasteiger partial charge in [-0.15, -0.1) is 0 Å². The summed E-state index contributed by atoms with van der Waals surface area (Å²) in [6.45, 7) is 3.04. The summed E-state index contributed by atoms with van der Waals surface area (Å²) < 4.78 is 0. The lowest BCUT2D eigenvalue weighted by atomic mass is 10.1. The Morgan fingerprint density at radius 2 is 1.77 bits per heavy atom. The number of amides is 1. The molecule has 116 valence electrons. The van der Waals surface area contributed by atoms with Gasteiger partial charge in [0.1, 0.15) is 0 Å². The van der Waals surface area contributed by atoms with Crippen LogP contribution in [-0.2, 0) is 17.8 Å². The maximum Gasteiger partial charge on any atom is 0.240 e. The fraction of sp³-hybridized carbons (Fsp3) is 0.278. The molecule has 2 N–H and O–H groups in total. The van der Waals surface area contributed by atoms with Crippen LogP contribution in [0.2, 0.25) is 5.02 Å². The first kappa shape index (κ1) is 16.5. The molecular weight excluding hydrogens is 296 g/mol. The summed E-state index contributed by atoms with van der Waals surface area (Å²) >= 11 is 6.17. The second kappa shape index (κ2) is 7.97. The van der Waals surface area contributed by atoms with Gasteiger partial charge >= 0.3 is 0 Å². The Bertz CT molecular complexity index is 615. The molecule has 0 aromatic heterocycles. The van der Waals surface area contributed by atoms with Crippen LogP contribution in [0.5, 0.6) is 0 Å². The largest absolute Gasteiger partial charge is 0.337 e. The van der Waals surface area contributed by atoms with E-state index < -0.39 is 6.04 Å². The minimum Gasteiger partial charge on any atom is -0.337 e. The molecule has 0 radical (unpaired) electrons. The van der Waals surface area contributed by atoms with Gasteiger partial charge in [-0.05, 0) is 30.5 Å². The average molecular weight is 317 g/mol. The van der Waals surface area contributed by atoms with Crippen molar-refractivity contribution in [3.63, 3.8) is 0 Å². The van der Waals surface area contributed by atoms with Gasteiger partial charge < -0.3 is 10.6 Å². The highest BCUT2D eigenvalue weighted by atomic mass is 35.5. The Kier molecular flexibility index (Phi) is 5.99. The number of rotatable bonds is 6. The molecule has 0 saturated carbocycles. The van der Waals surface area contributed by atoms with E-state index in [1.54, 1.807) is 4.90 Å². The summed E-state index contributed by atoms with van der Waals surface area (Å²) in [5.74, 6) is -0.0497. The number of carbonyl (C=O) groups is 1. The van der Waals surface area contributed by atoms with E-state index in [1.165, 1.54) is 0 Å². The van der Waals surface area contributed by atoms with Gasteiger partial charge in [0.2, 0.25) is 5.91 Å². The molecule has 0 aliphatic rings. The molecule has 2 aromatic rings. The summed E-state index contributed by atoms with van der Waals surface area (Å²) in [6, 6.07) is 16.8. The van der Waals surface area contributed by atoms with Gasteiger partial charge in [0, 0.05) is 18.1 Å². The first-order chi connectivity index (χ1) is 10.6. The van der Waals surface area contributed by atoms with Crippen molar-refractivity contribution in [2.45, 2.75) is 25.9 Å². The number of nitrogens with two attached hydrogens (primary N) is 1. The predicted octanol–water partition coefficient (Wildman–Crippen LogP) is 3.26. The van der Waals surface area contributed by atoms with Crippen molar-refractivity contribution in [2.75, 3.05) is 6.54 Å². The second-order valence-electron chi connectivity index (χ2n) is 5.24. The van der Waals surface area contributed by atoms with E-state index in [4.69, 9.17) is 17.3 Å². The van der Waals surface area contributed by atoms with Crippen LogP contribution >= 0.6 is 11.6 Å². The van der Waals surface area contributed by atoms with Gasteiger partial charge in [0.15, 0.2) is 0 Å². The van der Waals surface area contributed by atoms with Crippen molar-refractivity contribution in [1.29, 1.82) is 0 Å². The molecule has 0 unspecified atom stereocenters. The lowest BCUT2D eigenvalue weighted by Crippen LogP contribution is -2.44. The first-order valence-electron chi connectivity index (χ1n) is 7.43. The summed E-state index contributed by atoms with van der Waals surface area (Å²) in [7, 11) is 0. The minimum atomic E-state index is -0.537. The first-order valence-corrected chi connectivity index (χ1v) is 7.81. The maximum atomic E-state index is 12.6. The van der Waals surface area contributed by atoms with Crippen LogP contribution in [0.15, 0.2) is 54.6 Å². The fourth-order valence-electron chi connectivity index (χ4n) is 2.37. The van der Waals surface area contributed by atoms with Crippen molar-refractivity contribution < 1.29 is 4.79 Å². The Morgan fingerprint density at radius 3 is 2.41 bits per heavy atom. The Balaban J connectivity index is 2.03. The zero-order chi connectivity index (χ0) is 15.9. The average Bonchev–Trinajstić information content (AvgIpc) is 2.54. The number of benzene rings is 2. The van der Waals surface area contributed by atoms with Crippen molar-refractivity contribution in [1.82, 2.24) is 4.90 Å². The van der Waals surface area contributed by atoms with Crippen molar-refractivity contribution in [3.05, 3.63) is 70.7 Å². The number of hydrogen-bond acceptors (Lipinski definition) is 2. The monoisotopic (exact) mass is 316 g/mol. The van der Waals surface area contributed by atoms with Crippen molar-refractivity contribution >= 4 is 17.5 Å². The zero-order valence-corrected chi connectivity index (χ0v) is 13.5. The molecule has 1 atom stereocenters. The van der Waals surface area contributed by atoms with Crippen LogP contribution in [0.4, 0.5) is 0 Å². The van der Waals surface area contributed by atoms with Gasteiger partial charge in [0.05, 0.1) is 6.04 Å². The lowest BCUT2D eigenvalue weighted by Gasteiger charge is -2.25. The van der Waals surface area contributed by atoms with Gasteiger partial charge in [-0.2, -0.15) is 0 Å². The number of nitrogens with zero attached hydrogens (tertiary/aromatic N) is 1. The van der Waals surface area contributed by atoms with Crippen LogP contribution in [0.25, 0.3) is 0 Å². The molecule has 0 spiro atoms. The van der Waals surface area contributed by atoms with E-state index in [0.29, 0.717) is 24.5 Å². The Morgan fingerprint density at radius 1 is 1.14 bits per heavy atom. The van der Waals surface area contributed by atoms with E-state index in [1.807, 2.05) is 61.5 Å². The van der Waals surface area contributed by atoms with Crippen LogP contribution in [0.1, 0.15) is 18.1 Å². The third kappa shape index (κ3) is 4.33. The van der Waals surface area contributed by atoms with Crippen molar-refractivity contribution in [3.8, 4) is 0 Å². The standard InChI is InChI=1S/C18H21ClN2O/c1-2-21(13-15-10-6-7-11-16(15)19)18(22)17(20)12-14-8-4-3-5-9-14/h3-11,17H,2,12-13,20H2,1H3/t17-/m0/s1. The quantitative estimate of drug-likeness (QED) is 0.889. The summed E-state index contributed by atoms with van der Waals surface area (Å²) in [4.78, 5) is 14.3. The number of carbonyl (C=O) groups excluding carboxylic acids is 1. The molecule has 2 rings (SSSR count). The lowest BCUT2D eigenvalue weighted by molar-refractivity contribution is -0.133. The van der Waals surface area contributed by atoms with E-state index in [9.17, 15) is 4.79 Å². The van der Waals surface area contributed by atoms with Crippen LogP contribution in [-0.4, -0.2) is 23.4 Å². The second-order valence-corrected chi connectivity index (χ2v) is 5.65. The maximum absolute atomic E-state index is 12.6. The number of hydrogen-bond donors (Lipinski definition) is 1. The SMILES string of the molecule is CCN(Cc1ccccc1Cl)C(=O)[C@@H](N)Cc1ccccc1. The van der Waals surface area contributed by atoms with Gasteiger partial charge in [-0.3, -0.25) is 4.79 Å². The number of likely N-dealkylation sites (N-methyl/N-ethyl adjacent to an activating group) is 1. The molecule has 0 bridgehead atoms. The third-order valence-corrected chi connectivity index (χ3v) is 4.00. The summed E-state index contributed by atoms with van der Waals surface area (Å²) in [6.07, 6.45) is 0.540. The summed E-state index contributed by atoms with van der Waals surface area (Å²) in [5.41, 5.74) is 8.10. The molecule has 3 nitrogen and oxygen atoms in total. The minimum absolute atomic E-state index is 0.0497. The normalized spacial score (nSPS) is 12.0. The Hall–Kier alpha value is -1.84. The van der Waals surface area contributed by atoms with E-state index in [2.05, 4.69) is 0 Å². The van der Waals surface area contributed by atoms with Crippen LogP contribution < -0.4 is 5.73 Å². The molecule has 1 amide bonds. The molecule has 0 fully saturated rings.